The molecule has 0 aromatic carbocycles. The first-order valence-electron chi connectivity index (χ1n) is 5.03. The molecular weight excluding hydrogens is 178 g/mol. The highest BCUT2D eigenvalue weighted by Crippen LogP contribution is 2.10. The Kier molecular flexibility index (Phi) is 2.76. The Morgan fingerprint density at radius 3 is 3.00 bits per heavy atom. The van der Waals surface area contributed by atoms with Gasteiger partial charge in [0.25, 0.3) is 0 Å². The fraction of sp³-hybridized carbons (Fsp3) is 0.667. The summed E-state index contributed by atoms with van der Waals surface area (Å²) in [7, 11) is 0. The zero-order valence-corrected chi connectivity index (χ0v) is 8.19. The molecule has 5 heteroatoms. The molecule has 5 nitrogen and oxygen atoms in total. The lowest BCUT2D eigenvalue weighted by Gasteiger charge is -2.16. The van der Waals surface area contributed by atoms with Gasteiger partial charge in [0.1, 0.15) is 0 Å². The number of likely N-dealkylation sites (tertiary alicyclic amines) is 1. The summed E-state index contributed by atoms with van der Waals surface area (Å²) in [4.78, 5) is 2.15. The molecule has 1 aliphatic heterocycles. The SMILES string of the molecule is N=C1CCCN1CCCn1ccnn1. The maximum absolute atomic E-state index is 7.65. The van der Waals surface area contributed by atoms with Gasteiger partial charge in [0, 0.05) is 32.3 Å². The zero-order valence-electron chi connectivity index (χ0n) is 8.19. The molecule has 1 aromatic heterocycles. The van der Waals surface area contributed by atoms with E-state index in [1.54, 1.807) is 6.20 Å². The van der Waals surface area contributed by atoms with Crippen LogP contribution in [-0.2, 0) is 6.54 Å². The second-order valence-corrected chi connectivity index (χ2v) is 3.56. The highest BCUT2D eigenvalue weighted by molar-refractivity contribution is 5.80. The number of hydrogen-bond acceptors (Lipinski definition) is 3. The van der Waals surface area contributed by atoms with Gasteiger partial charge >= 0.3 is 0 Å². The Morgan fingerprint density at radius 1 is 1.43 bits per heavy atom. The van der Waals surface area contributed by atoms with E-state index in [4.69, 9.17) is 5.41 Å². The summed E-state index contributed by atoms with van der Waals surface area (Å²) in [6, 6.07) is 0. The molecule has 1 N–H and O–H groups in total. The van der Waals surface area contributed by atoms with Crippen molar-refractivity contribution in [3.05, 3.63) is 12.4 Å². The molecule has 0 bridgehead atoms. The Labute approximate surface area is 83.2 Å². The van der Waals surface area contributed by atoms with Gasteiger partial charge in [0.05, 0.1) is 12.0 Å². The number of hydrogen-bond donors (Lipinski definition) is 1. The molecule has 76 valence electrons. The molecule has 1 aliphatic rings. The second-order valence-electron chi connectivity index (χ2n) is 3.56. The lowest BCUT2D eigenvalue weighted by molar-refractivity contribution is 0.412. The summed E-state index contributed by atoms with van der Waals surface area (Å²) in [6.45, 7) is 2.92. The van der Waals surface area contributed by atoms with Gasteiger partial charge in [-0.2, -0.15) is 0 Å². The molecule has 1 aromatic rings. The molecule has 0 aliphatic carbocycles. The molecule has 2 rings (SSSR count). The molecule has 0 unspecified atom stereocenters. The first kappa shape index (κ1) is 9.18. The van der Waals surface area contributed by atoms with Crippen molar-refractivity contribution in [2.75, 3.05) is 13.1 Å². The first-order valence-corrected chi connectivity index (χ1v) is 5.03. The van der Waals surface area contributed by atoms with Crippen molar-refractivity contribution in [3.8, 4) is 0 Å². The molecule has 1 saturated heterocycles. The lowest BCUT2D eigenvalue weighted by Crippen LogP contribution is -2.26. The molecule has 0 amide bonds. The van der Waals surface area contributed by atoms with Gasteiger partial charge in [-0.1, -0.05) is 5.21 Å². The monoisotopic (exact) mass is 193 g/mol. The van der Waals surface area contributed by atoms with E-state index in [-0.39, 0.29) is 0 Å². The smallest absolute Gasteiger partial charge is 0.0958 e. The van der Waals surface area contributed by atoms with Crippen molar-refractivity contribution in [3.63, 3.8) is 0 Å². The van der Waals surface area contributed by atoms with Crippen molar-refractivity contribution in [2.45, 2.75) is 25.8 Å². The minimum atomic E-state index is 0.795. The van der Waals surface area contributed by atoms with Gasteiger partial charge in [0.2, 0.25) is 0 Å². The van der Waals surface area contributed by atoms with Crippen LogP contribution in [0.1, 0.15) is 19.3 Å². The largest absolute Gasteiger partial charge is 0.360 e. The summed E-state index contributed by atoms with van der Waals surface area (Å²) in [5.41, 5.74) is 0. The highest BCUT2D eigenvalue weighted by Gasteiger charge is 2.15. The van der Waals surface area contributed by atoms with Crippen LogP contribution in [-0.4, -0.2) is 38.8 Å². The Hall–Kier alpha value is -1.39. The summed E-state index contributed by atoms with van der Waals surface area (Å²) >= 11 is 0. The standard InChI is InChI=1S/C9H15N5/c10-9-3-1-5-13(9)6-2-7-14-8-4-11-12-14/h4,8,10H,1-3,5-7H2. The van der Waals surface area contributed by atoms with E-state index in [0.717, 1.165) is 44.7 Å². The van der Waals surface area contributed by atoms with E-state index in [1.165, 1.54) is 0 Å². The van der Waals surface area contributed by atoms with Crippen LogP contribution >= 0.6 is 0 Å². The van der Waals surface area contributed by atoms with Crippen LogP contribution in [0.15, 0.2) is 12.4 Å². The zero-order chi connectivity index (χ0) is 9.80. The van der Waals surface area contributed by atoms with Crippen LogP contribution in [0.2, 0.25) is 0 Å². The fourth-order valence-corrected chi connectivity index (χ4v) is 1.75. The van der Waals surface area contributed by atoms with Gasteiger partial charge in [-0.25, -0.2) is 0 Å². The van der Waals surface area contributed by atoms with Crippen LogP contribution in [0.4, 0.5) is 0 Å². The topological polar surface area (TPSA) is 57.8 Å². The van der Waals surface area contributed by atoms with Gasteiger partial charge in [-0.05, 0) is 12.8 Å². The van der Waals surface area contributed by atoms with E-state index in [1.807, 2.05) is 10.9 Å². The third-order valence-electron chi connectivity index (χ3n) is 2.51. The lowest BCUT2D eigenvalue weighted by atomic mass is 10.4. The first-order chi connectivity index (χ1) is 6.86. The predicted octanol–water partition coefficient (Wildman–Crippen LogP) is 0.741. The van der Waals surface area contributed by atoms with Crippen molar-refractivity contribution < 1.29 is 0 Å². The molecule has 0 atom stereocenters. The van der Waals surface area contributed by atoms with Crippen molar-refractivity contribution in [1.82, 2.24) is 19.9 Å². The minimum Gasteiger partial charge on any atom is -0.360 e. The number of aryl methyl sites for hydroxylation is 1. The second kappa shape index (κ2) is 4.21. The summed E-state index contributed by atoms with van der Waals surface area (Å²) in [5, 5.41) is 15.3. The van der Waals surface area contributed by atoms with Crippen molar-refractivity contribution in [2.24, 2.45) is 0 Å². The average molecular weight is 193 g/mol. The van der Waals surface area contributed by atoms with Crippen molar-refractivity contribution in [1.29, 1.82) is 5.41 Å². The summed E-state index contributed by atoms with van der Waals surface area (Å²) < 4.78 is 1.83. The van der Waals surface area contributed by atoms with E-state index in [9.17, 15) is 0 Å². The third-order valence-corrected chi connectivity index (χ3v) is 2.51. The average Bonchev–Trinajstić information content (AvgIpc) is 2.78. The fourth-order valence-electron chi connectivity index (χ4n) is 1.75. The number of nitrogens with one attached hydrogen (secondary N) is 1. The Bertz CT molecular complexity index is 292. The van der Waals surface area contributed by atoms with E-state index >= 15 is 0 Å². The van der Waals surface area contributed by atoms with Crippen molar-refractivity contribution >= 4 is 5.84 Å². The quantitative estimate of drug-likeness (QED) is 0.767. The third kappa shape index (κ3) is 2.10. The molecule has 0 radical (unpaired) electrons. The predicted molar refractivity (Wildman–Crippen MR) is 53.2 cm³/mol. The van der Waals surface area contributed by atoms with Gasteiger partial charge in [-0.15, -0.1) is 5.10 Å². The molecule has 2 heterocycles. The summed E-state index contributed by atoms with van der Waals surface area (Å²) in [6.07, 6.45) is 6.68. The highest BCUT2D eigenvalue weighted by atomic mass is 15.4. The van der Waals surface area contributed by atoms with Crippen LogP contribution in [0.3, 0.4) is 0 Å². The van der Waals surface area contributed by atoms with Crippen LogP contribution in [0.5, 0.6) is 0 Å². The number of aromatic nitrogens is 3. The van der Waals surface area contributed by atoms with Crippen LogP contribution < -0.4 is 0 Å². The maximum atomic E-state index is 7.65. The van der Waals surface area contributed by atoms with E-state index in [0.29, 0.717) is 0 Å². The van der Waals surface area contributed by atoms with E-state index in [2.05, 4.69) is 15.2 Å². The van der Waals surface area contributed by atoms with Gasteiger partial charge in [0.15, 0.2) is 0 Å². The normalized spacial score (nSPS) is 16.6. The molecular formula is C9H15N5. The van der Waals surface area contributed by atoms with Crippen LogP contribution in [0.25, 0.3) is 0 Å². The Morgan fingerprint density at radius 2 is 2.36 bits per heavy atom. The van der Waals surface area contributed by atoms with Gasteiger partial charge < -0.3 is 4.90 Å². The number of rotatable bonds is 4. The number of amidine groups is 1. The minimum absolute atomic E-state index is 0.795. The molecule has 14 heavy (non-hydrogen) atoms. The molecule has 1 fully saturated rings. The molecule has 0 saturated carbocycles. The summed E-state index contributed by atoms with van der Waals surface area (Å²) in [5.74, 6) is 0.795. The Balaban J connectivity index is 1.70. The number of nitrogens with zero attached hydrogens (tertiary/aromatic N) is 4. The maximum Gasteiger partial charge on any atom is 0.0958 e. The van der Waals surface area contributed by atoms with Gasteiger partial charge in [-0.3, -0.25) is 10.1 Å². The van der Waals surface area contributed by atoms with Crippen LogP contribution in [0, 0.1) is 5.41 Å². The van der Waals surface area contributed by atoms with E-state index < -0.39 is 0 Å². The molecule has 0 spiro atoms.